The molecule has 0 spiro atoms. The van der Waals surface area contributed by atoms with Gasteiger partial charge in [-0.15, -0.1) is 0 Å². The van der Waals surface area contributed by atoms with E-state index in [2.05, 4.69) is 70.9 Å². The average molecular weight is 279 g/mol. The summed E-state index contributed by atoms with van der Waals surface area (Å²) in [7, 11) is 0. The van der Waals surface area contributed by atoms with Crippen molar-refractivity contribution in [3.05, 3.63) is 72.4 Å². The van der Waals surface area contributed by atoms with Gasteiger partial charge in [0, 0.05) is 6.04 Å². The lowest BCUT2D eigenvalue weighted by molar-refractivity contribution is 0.405. The molecule has 106 valence electrons. The van der Waals surface area contributed by atoms with Crippen LogP contribution in [0.25, 0.3) is 11.1 Å². The predicted octanol–water partition coefficient (Wildman–Crippen LogP) is 3.59. The van der Waals surface area contributed by atoms with Crippen molar-refractivity contribution < 1.29 is 4.52 Å². The fourth-order valence-corrected chi connectivity index (χ4v) is 2.23. The van der Waals surface area contributed by atoms with E-state index < -0.39 is 0 Å². The van der Waals surface area contributed by atoms with Crippen LogP contribution in [0, 0.1) is 0 Å². The highest BCUT2D eigenvalue weighted by Gasteiger charge is 2.07. The first kappa shape index (κ1) is 13.5. The second kappa shape index (κ2) is 6.33. The third-order valence-corrected chi connectivity index (χ3v) is 3.49. The lowest BCUT2D eigenvalue weighted by Gasteiger charge is -2.13. The molecule has 4 heteroatoms. The molecule has 1 aromatic heterocycles. The Bertz CT molecular complexity index is 663. The Kier molecular flexibility index (Phi) is 4.07. The molecule has 0 radical (unpaired) electrons. The van der Waals surface area contributed by atoms with Crippen LogP contribution in [0.5, 0.6) is 0 Å². The fraction of sp³-hybridized carbons (Fsp3) is 0.176. The summed E-state index contributed by atoms with van der Waals surface area (Å²) in [6, 6.07) is 19.2. The van der Waals surface area contributed by atoms with Gasteiger partial charge in [0.25, 0.3) is 0 Å². The highest BCUT2D eigenvalue weighted by molar-refractivity contribution is 5.63. The highest BCUT2D eigenvalue weighted by Crippen LogP contribution is 2.21. The number of aromatic nitrogens is 2. The van der Waals surface area contributed by atoms with E-state index in [1.807, 2.05) is 6.07 Å². The van der Waals surface area contributed by atoms with Crippen LogP contribution in [0.15, 0.2) is 65.5 Å². The Labute approximate surface area is 123 Å². The maximum Gasteiger partial charge on any atom is 0.213 e. The Morgan fingerprint density at radius 1 is 1.00 bits per heavy atom. The van der Waals surface area contributed by atoms with E-state index in [9.17, 15) is 0 Å². The Hall–Kier alpha value is -2.46. The zero-order chi connectivity index (χ0) is 14.5. The van der Waals surface area contributed by atoms with Crippen LogP contribution in [0.3, 0.4) is 0 Å². The van der Waals surface area contributed by atoms with Crippen molar-refractivity contribution >= 4 is 0 Å². The molecule has 0 saturated carbocycles. The molecule has 3 rings (SSSR count). The zero-order valence-electron chi connectivity index (χ0n) is 11.9. The van der Waals surface area contributed by atoms with Crippen LogP contribution in [0.4, 0.5) is 0 Å². The van der Waals surface area contributed by atoms with Gasteiger partial charge in [0.2, 0.25) is 6.39 Å². The second-order valence-electron chi connectivity index (χ2n) is 4.94. The topological polar surface area (TPSA) is 51.0 Å². The van der Waals surface area contributed by atoms with Gasteiger partial charge in [-0.05, 0) is 23.6 Å². The summed E-state index contributed by atoms with van der Waals surface area (Å²) in [6.07, 6.45) is 1.34. The summed E-state index contributed by atoms with van der Waals surface area (Å²) >= 11 is 0. The van der Waals surface area contributed by atoms with Crippen molar-refractivity contribution in [2.24, 2.45) is 0 Å². The number of nitrogens with one attached hydrogen (secondary N) is 1. The molecule has 2 aromatic carbocycles. The maximum absolute atomic E-state index is 4.72. The summed E-state index contributed by atoms with van der Waals surface area (Å²) in [6.45, 7) is 2.72. The minimum Gasteiger partial charge on any atom is -0.343 e. The monoisotopic (exact) mass is 279 g/mol. The van der Waals surface area contributed by atoms with Crippen molar-refractivity contribution in [3.63, 3.8) is 0 Å². The molecule has 4 nitrogen and oxygen atoms in total. The van der Waals surface area contributed by atoms with E-state index in [-0.39, 0.29) is 6.04 Å². The van der Waals surface area contributed by atoms with Crippen molar-refractivity contribution in [3.8, 4) is 11.1 Å². The molecule has 1 atom stereocenters. The molecule has 1 heterocycles. The summed E-state index contributed by atoms with van der Waals surface area (Å²) in [5, 5.41) is 7.16. The van der Waals surface area contributed by atoms with Gasteiger partial charge < -0.3 is 9.84 Å². The largest absolute Gasteiger partial charge is 0.343 e. The molecule has 0 fully saturated rings. The minimum absolute atomic E-state index is 0.230. The second-order valence-corrected chi connectivity index (χ2v) is 4.94. The SMILES string of the molecule is CC(NCc1ncon1)c1ccc(-c2ccccc2)cc1. The number of hydrogen-bond donors (Lipinski definition) is 1. The predicted molar refractivity (Wildman–Crippen MR) is 81.4 cm³/mol. The van der Waals surface area contributed by atoms with Crippen molar-refractivity contribution in [1.82, 2.24) is 15.5 Å². The molecule has 0 aliphatic rings. The van der Waals surface area contributed by atoms with Crippen LogP contribution in [0.1, 0.15) is 24.4 Å². The molecule has 3 aromatic rings. The van der Waals surface area contributed by atoms with Gasteiger partial charge in [0.1, 0.15) is 0 Å². The standard InChI is InChI=1S/C17H17N3O/c1-13(18-11-17-19-12-21-20-17)14-7-9-16(10-8-14)15-5-3-2-4-6-15/h2-10,12-13,18H,11H2,1H3. The zero-order valence-corrected chi connectivity index (χ0v) is 11.9. The van der Waals surface area contributed by atoms with Crippen LogP contribution < -0.4 is 5.32 Å². The molecule has 0 aliphatic carbocycles. The minimum atomic E-state index is 0.230. The summed E-state index contributed by atoms with van der Waals surface area (Å²) in [5.41, 5.74) is 3.69. The average Bonchev–Trinajstić information content (AvgIpc) is 3.07. The lowest BCUT2D eigenvalue weighted by Crippen LogP contribution is -2.18. The van der Waals surface area contributed by atoms with E-state index in [1.165, 1.54) is 23.1 Å². The van der Waals surface area contributed by atoms with E-state index in [0.29, 0.717) is 12.4 Å². The van der Waals surface area contributed by atoms with Crippen molar-refractivity contribution in [2.45, 2.75) is 19.5 Å². The van der Waals surface area contributed by atoms with E-state index in [1.54, 1.807) is 0 Å². The first-order valence-corrected chi connectivity index (χ1v) is 6.97. The highest BCUT2D eigenvalue weighted by atomic mass is 16.5. The third kappa shape index (κ3) is 3.35. The molecule has 1 unspecified atom stereocenters. The van der Waals surface area contributed by atoms with Gasteiger partial charge in [-0.1, -0.05) is 59.8 Å². The molecule has 1 N–H and O–H groups in total. The first-order chi connectivity index (χ1) is 10.3. The van der Waals surface area contributed by atoms with Crippen LogP contribution in [-0.2, 0) is 6.54 Å². The van der Waals surface area contributed by atoms with Crippen LogP contribution in [-0.4, -0.2) is 10.1 Å². The molecule has 0 bridgehead atoms. The van der Waals surface area contributed by atoms with Crippen molar-refractivity contribution in [2.75, 3.05) is 0 Å². The van der Waals surface area contributed by atoms with Gasteiger partial charge in [-0.25, -0.2) is 0 Å². The van der Waals surface area contributed by atoms with E-state index in [4.69, 9.17) is 4.52 Å². The van der Waals surface area contributed by atoms with Crippen molar-refractivity contribution in [1.29, 1.82) is 0 Å². The molecule has 21 heavy (non-hydrogen) atoms. The summed E-state index contributed by atoms with van der Waals surface area (Å²) in [5.74, 6) is 0.669. The van der Waals surface area contributed by atoms with Crippen LogP contribution >= 0.6 is 0 Å². The number of rotatable bonds is 5. The van der Waals surface area contributed by atoms with Gasteiger partial charge in [-0.2, -0.15) is 4.98 Å². The maximum atomic E-state index is 4.72. The van der Waals surface area contributed by atoms with Crippen LogP contribution in [0.2, 0.25) is 0 Å². The van der Waals surface area contributed by atoms with Gasteiger partial charge in [0.05, 0.1) is 6.54 Å². The summed E-state index contributed by atoms with van der Waals surface area (Å²) < 4.78 is 4.72. The summed E-state index contributed by atoms with van der Waals surface area (Å²) in [4.78, 5) is 4.00. The molecular formula is C17H17N3O. The quantitative estimate of drug-likeness (QED) is 0.775. The fourth-order valence-electron chi connectivity index (χ4n) is 2.23. The third-order valence-electron chi connectivity index (χ3n) is 3.49. The Morgan fingerprint density at radius 3 is 2.38 bits per heavy atom. The number of nitrogens with zero attached hydrogens (tertiary/aromatic N) is 2. The molecule has 0 amide bonds. The van der Waals surface area contributed by atoms with Gasteiger partial charge in [-0.3, -0.25) is 0 Å². The normalized spacial score (nSPS) is 12.2. The molecular weight excluding hydrogens is 262 g/mol. The van der Waals surface area contributed by atoms with E-state index in [0.717, 1.165) is 0 Å². The van der Waals surface area contributed by atoms with Gasteiger partial charge in [0.15, 0.2) is 5.82 Å². The number of hydrogen-bond acceptors (Lipinski definition) is 4. The molecule has 0 aliphatic heterocycles. The smallest absolute Gasteiger partial charge is 0.213 e. The van der Waals surface area contributed by atoms with Gasteiger partial charge >= 0.3 is 0 Å². The Balaban J connectivity index is 1.66. The molecule has 0 saturated heterocycles. The Morgan fingerprint density at radius 2 is 1.71 bits per heavy atom. The number of benzene rings is 2. The lowest BCUT2D eigenvalue weighted by atomic mass is 10.0. The van der Waals surface area contributed by atoms with E-state index >= 15 is 0 Å². The first-order valence-electron chi connectivity index (χ1n) is 6.97.